The molecule has 1 aromatic heterocycles. The minimum absolute atomic E-state index is 0.609. The molecule has 0 atom stereocenters. The Bertz CT molecular complexity index is 398. The van der Waals surface area contributed by atoms with Crippen LogP contribution in [0.15, 0.2) is 41.3 Å². The van der Waals surface area contributed by atoms with Gasteiger partial charge in [-0.05, 0) is 12.1 Å². The summed E-state index contributed by atoms with van der Waals surface area (Å²) >= 11 is 0. The highest BCUT2D eigenvalue weighted by Crippen LogP contribution is 2.20. The Morgan fingerprint density at radius 3 is 3.07 bits per heavy atom. The molecule has 2 rings (SSSR count). The molecule has 4 heteroatoms. The first-order valence-electron chi connectivity index (χ1n) is 4.18. The lowest BCUT2D eigenvalue weighted by Crippen LogP contribution is -1.89. The second-order valence-corrected chi connectivity index (χ2v) is 2.72. The van der Waals surface area contributed by atoms with E-state index in [1.807, 2.05) is 24.3 Å². The summed E-state index contributed by atoms with van der Waals surface area (Å²) in [6.07, 6.45) is 2.99. The predicted molar refractivity (Wildman–Crippen MR) is 52.8 cm³/mol. The van der Waals surface area contributed by atoms with Crippen molar-refractivity contribution in [3.05, 3.63) is 36.9 Å². The van der Waals surface area contributed by atoms with Crippen LogP contribution in [0.2, 0.25) is 0 Å². The van der Waals surface area contributed by atoms with Gasteiger partial charge in [0.1, 0.15) is 5.75 Å². The summed E-state index contributed by atoms with van der Waals surface area (Å²) < 4.78 is 10.1. The van der Waals surface area contributed by atoms with Gasteiger partial charge in [0, 0.05) is 11.8 Å². The SMILES string of the molecule is COc1cccc(Nc2cnco2)c1. The van der Waals surface area contributed by atoms with E-state index in [0.29, 0.717) is 5.88 Å². The molecule has 0 bridgehead atoms. The number of rotatable bonds is 3. The normalized spacial score (nSPS) is 9.79. The fourth-order valence-electron chi connectivity index (χ4n) is 1.12. The Hall–Kier alpha value is -1.97. The first-order chi connectivity index (χ1) is 6.88. The topological polar surface area (TPSA) is 47.3 Å². The van der Waals surface area contributed by atoms with Gasteiger partial charge in [-0.2, -0.15) is 0 Å². The number of aromatic nitrogens is 1. The van der Waals surface area contributed by atoms with Gasteiger partial charge >= 0.3 is 0 Å². The summed E-state index contributed by atoms with van der Waals surface area (Å²) in [6, 6.07) is 7.58. The van der Waals surface area contributed by atoms with Crippen molar-refractivity contribution in [2.45, 2.75) is 0 Å². The van der Waals surface area contributed by atoms with E-state index in [0.717, 1.165) is 11.4 Å². The Labute approximate surface area is 81.5 Å². The maximum Gasteiger partial charge on any atom is 0.217 e. The molecule has 0 aliphatic rings. The van der Waals surface area contributed by atoms with E-state index < -0.39 is 0 Å². The monoisotopic (exact) mass is 190 g/mol. The molecule has 4 nitrogen and oxygen atoms in total. The van der Waals surface area contributed by atoms with Crippen LogP contribution >= 0.6 is 0 Å². The first kappa shape index (κ1) is 8.62. The number of nitrogens with one attached hydrogen (secondary N) is 1. The van der Waals surface area contributed by atoms with Crippen molar-refractivity contribution in [3.8, 4) is 5.75 Å². The van der Waals surface area contributed by atoms with E-state index in [1.165, 1.54) is 6.39 Å². The number of hydrogen-bond donors (Lipinski definition) is 1. The Kier molecular flexibility index (Phi) is 2.36. The largest absolute Gasteiger partial charge is 0.497 e. The zero-order valence-corrected chi connectivity index (χ0v) is 7.73. The summed E-state index contributed by atoms with van der Waals surface area (Å²) in [7, 11) is 1.63. The van der Waals surface area contributed by atoms with Crippen molar-refractivity contribution in [2.24, 2.45) is 0 Å². The van der Waals surface area contributed by atoms with Gasteiger partial charge < -0.3 is 14.5 Å². The highest BCUT2D eigenvalue weighted by Gasteiger charge is 1.98. The molecule has 0 fully saturated rings. The highest BCUT2D eigenvalue weighted by atomic mass is 16.5. The predicted octanol–water partition coefficient (Wildman–Crippen LogP) is 2.43. The van der Waals surface area contributed by atoms with Crippen LogP contribution in [0, 0.1) is 0 Å². The van der Waals surface area contributed by atoms with Crippen molar-refractivity contribution in [1.82, 2.24) is 4.98 Å². The third-order valence-electron chi connectivity index (χ3n) is 1.77. The number of anilines is 2. The molecule has 0 spiro atoms. The lowest BCUT2D eigenvalue weighted by atomic mass is 10.3. The molecule has 1 aromatic carbocycles. The van der Waals surface area contributed by atoms with Crippen LogP contribution in [-0.2, 0) is 0 Å². The van der Waals surface area contributed by atoms with E-state index in [1.54, 1.807) is 13.3 Å². The molecule has 0 radical (unpaired) electrons. The van der Waals surface area contributed by atoms with Crippen molar-refractivity contribution in [3.63, 3.8) is 0 Å². The van der Waals surface area contributed by atoms with Gasteiger partial charge in [0.05, 0.1) is 13.3 Å². The van der Waals surface area contributed by atoms with Crippen molar-refractivity contribution < 1.29 is 9.15 Å². The van der Waals surface area contributed by atoms with E-state index in [2.05, 4.69) is 10.3 Å². The number of hydrogen-bond acceptors (Lipinski definition) is 4. The fourth-order valence-corrected chi connectivity index (χ4v) is 1.12. The molecule has 0 aliphatic carbocycles. The molecular weight excluding hydrogens is 180 g/mol. The first-order valence-corrected chi connectivity index (χ1v) is 4.18. The van der Waals surface area contributed by atoms with Crippen molar-refractivity contribution >= 4 is 11.6 Å². The van der Waals surface area contributed by atoms with Gasteiger partial charge in [-0.15, -0.1) is 0 Å². The molecule has 1 N–H and O–H groups in total. The summed E-state index contributed by atoms with van der Waals surface area (Å²) in [6.45, 7) is 0. The zero-order valence-electron chi connectivity index (χ0n) is 7.73. The van der Waals surface area contributed by atoms with Crippen molar-refractivity contribution in [1.29, 1.82) is 0 Å². The maximum atomic E-state index is 5.09. The lowest BCUT2D eigenvalue weighted by Gasteiger charge is -2.04. The van der Waals surface area contributed by atoms with Crippen LogP contribution in [0.1, 0.15) is 0 Å². The lowest BCUT2D eigenvalue weighted by molar-refractivity contribution is 0.415. The molecule has 72 valence electrons. The van der Waals surface area contributed by atoms with Crippen LogP contribution in [0.5, 0.6) is 5.75 Å². The Morgan fingerprint density at radius 2 is 2.36 bits per heavy atom. The second-order valence-electron chi connectivity index (χ2n) is 2.72. The van der Waals surface area contributed by atoms with Gasteiger partial charge in [0.25, 0.3) is 0 Å². The van der Waals surface area contributed by atoms with Gasteiger partial charge in [0.15, 0.2) is 6.39 Å². The average Bonchev–Trinajstić information content (AvgIpc) is 2.71. The number of benzene rings is 1. The molecule has 0 saturated heterocycles. The number of oxazole rings is 1. The van der Waals surface area contributed by atoms with Crippen LogP contribution in [0.4, 0.5) is 11.6 Å². The fraction of sp³-hybridized carbons (Fsp3) is 0.100. The minimum Gasteiger partial charge on any atom is -0.497 e. The standard InChI is InChI=1S/C10H10N2O2/c1-13-9-4-2-3-8(5-9)12-10-6-11-7-14-10/h2-7,12H,1H3. The molecule has 0 aliphatic heterocycles. The molecule has 1 heterocycles. The molecule has 0 saturated carbocycles. The molecule has 0 unspecified atom stereocenters. The van der Waals surface area contributed by atoms with Crippen LogP contribution < -0.4 is 10.1 Å². The van der Waals surface area contributed by atoms with E-state index >= 15 is 0 Å². The van der Waals surface area contributed by atoms with Crippen molar-refractivity contribution in [2.75, 3.05) is 12.4 Å². The molecule has 14 heavy (non-hydrogen) atoms. The second kappa shape index (κ2) is 3.83. The maximum absolute atomic E-state index is 5.09. The number of ether oxygens (including phenoxy) is 1. The van der Waals surface area contributed by atoms with E-state index in [4.69, 9.17) is 9.15 Å². The molecule has 0 amide bonds. The van der Waals surface area contributed by atoms with Gasteiger partial charge in [-0.25, -0.2) is 4.98 Å². The highest BCUT2D eigenvalue weighted by molar-refractivity contribution is 5.56. The number of nitrogens with zero attached hydrogens (tertiary/aromatic N) is 1. The third-order valence-corrected chi connectivity index (χ3v) is 1.77. The zero-order chi connectivity index (χ0) is 9.80. The summed E-state index contributed by atoms with van der Waals surface area (Å²) in [5, 5.41) is 3.05. The smallest absolute Gasteiger partial charge is 0.217 e. The van der Waals surface area contributed by atoms with Crippen LogP contribution in [-0.4, -0.2) is 12.1 Å². The summed E-state index contributed by atoms with van der Waals surface area (Å²) in [5.74, 6) is 1.41. The van der Waals surface area contributed by atoms with E-state index in [-0.39, 0.29) is 0 Å². The van der Waals surface area contributed by atoms with Crippen LogP contribution in [0.3, 0.4) is 0 Å². The third kappa shape index (κ3) is 1.85. The average molecular weight is 190 g/mol. The quantitative estimate of drug-likeness (QED) is 0.807. The Balaban J connectivity index is 2.17. The van der Waals surface area contributed by atoms with Gasteiger partial charge in [-0.3, -0.25) is 0 Å². The summed E-state index contributed by atoms with van der Waals surface area (Å²) in [5.41, 5.74) is 0.904. The van der Waals surface area contributed by atoms with Gasteiger partial charge in [-0.1, -0.05) is 6.07 Å². The minimum atomic E-state index is 0.609. The number of methoxy groups -OCH3 is 1. The molecule has 2 aromatic rings. The Morgan fingerprint density at radius 1 is 1.43 bits per heavy atom. The summed E-state index contributed by atoms with van der Waals surface area (Å²) in [4.78, 5) is 3.80. The van der Waals surface area contributed by atoms with E-state index in [9.17, 15) is 0 Å². The van der Waals surface area contributed by atoms with Crippen LogP contribution in [0.25, 0.3) is 0 Å². The molecular formula is C10H10N2O2. The van der Waals surface area contributed by atoms with Gasteiger partial charge in [0.2, 0.25) is 5.88 Å².